The number of nitrogens with two attached hydrogens (primary N) is 1. The summed E-state index contributed by atoms with van der Waals surface area (Å²) in [6.07, 6.45) is 0. The van der Waals surface area contributed by atoms with Crippen LogP contribution in [0.4, 0.5) is 5.95 Å². The van der Waals surface area contributed by atoms with Crippen LogP contribution in [0.2, 0.25) is 0 Å². The van der Waals surface area contributed by atoms with Crippen LogP contribution in [0.15, 0.2) is 0 Å². The predicted molar refractivity (Wildman–Crippen MR) is 50.8 cm³/mol. The van der Waals surface area contributed by atoms with E-state index < -0.39 is 0 Å². The molecule has 0 bridgehead atoms. The average molecular weight is 183 g/mol. The standard InChI is InChI=1S/C8H17N5/c1-6(2)8(3,4)5-13-7(9)10-11-12-13/h6H,5H2,1-4H3,(H2,9,10,12). The van der Waals surface area contributed by atoms with Gasteiger partial charge in [0.05, 0.1) is 6.54 Å². The van der Waals surface area contributed by atoms with Crippen LogP contribution in [-0.4, -0.2) is 20.2 Å². The predicted octanol–water partition coefficient (Wildman–Crippen LogP) is 0.937. The second-order valence-corrected chi connectivity index (χ2v) is 4.34. The highest BCUT2D eigenvalue weighted by Gasteiger charge is 2.24. The van der Waals surface area contributed by atoms with Gasteiger partial charge in [0.2, 0.25) is 5.95 Å². The van der Waals surface area contributed by atoms with Gasteiger partial charge < -0.3 is 5.73 Å². The lowest BCUT2D eigenvalue weighted by molar-refractivity contribution is 0.201. The van der Waals surface area contributed by atoms with Crippen LogP contribution >= 0.6 is 0 Å². The lowest BCUT2D eigenvalue weighted by Crippen LogP contribution is -2.27. The fourth-order valence-electron chi connectivity index (χ4n) is 0.893. The maximum absolute atomic E-state index is 5.57. The summed E-state index contributed by atoms with van der Waals surface area (Å²) in [5, 5.41) is 11.0. The first-order chi connectivity index (χ1) is 5.93. The fraction of sp³-hybridized carbons (Fsp3) is 0.875. The number of nitrogens with zero attached hydrogens (tertiary/aromatic N) is 4. The Hall–Kier alpha value is -1.13. The van der Waals surface area contributed by atoms with Gasteiger partial charge in [0, 0.05) is 0 Å². The molecule has 0 saturated carbocycles. The van der Waals surface area contributed by atoms with Crippen molar-refractivity contribution in [3.05, 3.63) is 0 Å². The molecule has 2 N–H and O–H groups in total. The first kappa shape index (κ1) is 9.95. The van der Waals surface area contributed by atoms with Crippen molar-refractivity contribution in [3.8, 4) is 0 Å². The third-order valence-electron chi connectivity index (χ3n) is 2.68. The molecule has 13 heavy (non-hydrogen) atoms. The molecule has 5 nitrogen and oxygen atoms in total. The van der Waals surface area contributed by atoms with E-state index in [4.69, 9.17) is 5.73 Å². The second kappa shape index (κ2) is 3.32. The molecule has 1 aromatic rings. The molecule has 1 aromatic heterocycles. The quantitative estimate of drug-likeness (QED) is 0.757. The van der Waals surface area contributed by atoms with Crippen LogP contribution in [0, 0.1) is 11.3 Å². The zero-order valence-corrected chi connectivity index (χ0v) is 8.65. The maximum Gasteiger partial charge on any atom is 0.240 e. The highest BCUT2D eigenvalue weighted by atomic mass is 15.6. The number of tetrazole rings is 1. The summed E-state index contributed by atoms with van der Waals surface area (Å²) in [6.45, 7) is 9.47. The molecule has 0 amide bonds. The highest BCUT2D eigenvalue weighted by molar-refractivity contribution is 5.10. The van der Waals surface area contributed by atoms with Crippen LogP contribution < -0.4 is 5.73 Å². The summed E-state index contributed by atoms with van der Waals surface area (Å²) >= 11 is 0. The van der Waals surface area contributed by atoms with E-state index in [9.17, 15) is 0 Å². The topological polar surface area (TPSA) is 69.6 Å². The molecule has 0 unspecified atom stereocenters. The second-order valence-electron chi connectivity index (χ2n) is 4.34. The Labute approximate surface area is 78.3 Å². The van der Waals surface area contributed by atoms with E-state index in [-0.39, 0.29) is 5.41 Å². The summed E-state index contributed by atoms with van der Waals surface area (Å²) < 4.78 is 1.64. The van der Waals surface area contributed by atoms with Crippen molar-refractivity contribution >= 4 is 5.95 Å². The number of rotatable bonds is 3. The molecule has 0 radical (unpaired) electrons. The van der Waals surface area contributed by atoms with Crippen molar-refractivity contribution < 1.29 is 0 Å². The van der Waals surface area contributed by atoms with Crippen molar-refractivity contribution in [2.75, 3.05) is 5.73 Å². The molecule has 0 aliphatic heterocycles. The molecule has 0 atom stereocenters. The molecular formula is C8H17N5. The maximum atomic E-state index is 5.57. The van der Waals surface area contributed by atoms with E-state index in [1.54, 1.807) is 4.68 Å². The average Bonchev–Trinajstić information content (AvgIpc) is 2.35. The van der Waals surface area contributed by atoms with Crippen LogP contribution in [0.5, 0.6) is 0 Å². The van der Waals surface area contributed by atoms with Gasteiger partial charge in [-0.25, -0.2) is 4.68 Å². The van der Waals surface area contributed by atoms with Gasteiger partial charge in [0.1, 0.15) is 0 Å². The number of hydrogen-bond acceptors (Lipinski definition) is 4. The van der Waals surface area contributed by atoms with Crippen LogP contribution in [-0.2, 0) is 6.54 Å². The van der Waals surface area contributed by atoms with E-state index in [2.05, 4.69) is 43.2 Å². The Kier molecular flexibility index (Phi) is 2.54. The molecule has 0 aliphatic carbocycles. The molecule has 0 aliphatic rings. The van der Waals surface area contributed by atoms with Gasteiger partial charge in [0.25, 0.3) is 0 Å². The van der Waals surface area contributed by atoms with Crippen molar-refractivity contribution in [2.24, 2.45) is 11.3 Å². The lowest BCUT2D eigenvalue weighted by atomic mass is 9.81. The Bertz CT molecular complexity index is 276. The zero-order valence-electron chi connectivity index (χ0n) is 8.65. The van der Waals surface area contributed by atoms with Gasteiger partial charge in [-0.3, -0.25) is 0 Å². The highest BCUT2D eigenvalue weighted by Crippen LogP contribution is 2.27. The van der Waals surface area contributed by atoms with E-state index in [1.165, 1.54) is 0 Å². The van der Waals surface area contributed by atoms with Crippen molar-refractivity contribution in [3.63, 3.8) is 0 Å². The van der Waals surface area contributed by atoms with Gasteiger partial charge >= 0.3 is 0 Å². The van der Waals surface area contributed by atoms with Crippen LogP contribution in [0.25, 0.3) is 0 Å². The van der Waals surface area contributed by atoms with Gasteiger partial charge in [0.15, 0.2) is 0 Å². The summed E-state index contributed by atoms with van der Waals surface area (Å²) in [5.74, 6) is 0.949. The van der Waals surface area contributed by atoms with Gasteiger partial charge in [-0.05, 0) is 21.8 Å². The Morgan fingerprint density at radius 1 is 1.46 bits per heavy atom. The van der Waals surface area contributed by atoms with Crippen LogP contribution in [0.1, 0.15) is 27.7 Å². The van der Waals surface area contributed by atoms with Crippen molar-refractivity contribution in [1.29, 1.82) is 0 Å². The number of nitrogen functional groups attached to an aromatic ring is 1. The number of hydrogen-bond donors (Lipinski definition) is 1. The van der Waals surface area contributed by atoms with E-state index in [0.717, 1.165) is 6.54 Å². The van der Waals surface area contributed by atoms with Crippen LogP contribution in [0.3, 0.4) is 0 Å². The summed E-state index contributed by atoms with van der Waals surface area (Å²) in [7, 11) is 0. The van der Waals surface area contributed by atoms with Crippen molar-refractivity contribution in [1.82, 2.24) is 20.2 Å². The molecule has 0 fully saturated rings. The number of aromatic nitrogens is 4. The summed E-state index contributed by atoms with van der Waals surface area (Å²) in [5.41, 5.74) is 5.73. The smallest absolute Gasteiger partial charge is 0.240 e. The largest absolute Gasteiger partial charge is 0.367 e. The van der Waals surface area contributed by atoms with E-state index in [1.807, 2.05) is 0 Å². The molecule has 1 heterocycles. The SMILES string of the molecule is CC(C)C(C)(C)Cn1nnnc1N. The summed E-state index contributed by atoms with van der Waals surface area (Å²) in [6, 6.07) is 0. The molecule has 0 spiro atoms. The van der Waals surface area contributed by atoms with Gasteiger partial charge in [-0.1, -0.05) is 32.8 Å². The Balaban J connectivity index is 2.74. The minimum Gasteiger partial charge on any atom is -0.367 e. The minimum absolute atomic E-state index is 0.156. The van der Waals surface area contributed by atoms with Gasteiger partial charge in [-0.2, -0.15) is 0 Å². The molecule has 5 heteroatoms. The Morgan fingerprint density at radius 3 is 2.46 bits per heavy atom. The van der Waals surface area contributed by atoms with E-state index in [0.29, 0.717) is 11.9 Å². The summed E-state index contributed by atoms with van der Waals surface area (Å²) in [4.78, 5) is 0. The third-order valence-corrected chi connectivity index (χ3v) is 2.68. The first-order valence-corrected chi connectivity index (χ1v) is 4.45. The molecule has 74 valence electrons. The lowest BCUT2D eigenvalue weighted by Gasteiger charge is -2.28. The molecular weight excluding hydrogens is 166 g/mol. The normalized spacial score (nSPS) is 12.4. The third kappa shape index (κ3) is 2.17. The molecule has 0 aromatic carbocycles. The number of anilines is 1. The Morgan fingerprint density at radius 2 is 2.08 bits per heavy atom. The fourth-order valence-corrected chi connectivity index (χ4v) is 0.893. The van der Waals surface area contributed by atoms with Crippen molar-refractivity contribution in [2.45, 2.75) is 34.2 Å². The van der Waals surface area contributed by atoms with Gasteiger partial charge in [-0.15, -0.1) is 0 Å². The first-order valence-electron chi connectivity index (χ1n) is 4.45. The molecule has 0 saturated heterocycles. The zero-order chi connectivity index (χ0) is 10.1. The molecule has 1 rings (SSSR count). The van der Waals surface area contributed by atoms with E-state index >= 15 is 0 Å². The minimum atomic E-state index is 0.156. The monoisotopic (exact) mass is 183 g/mol.